The lowest BCUT2D eigenvalue weighted by atomic mass is 10.2. The van der Waals surface area contributed by atoms with Crippen LogP contribution in [0.1, 0.15) is 29.3 Å². The Morgan fingerprint density at radius 2 is 1.77 bits per heavy atom. The molecule has 2 aromatic rings. The van der Waals surface area contributed by atoms with E-state index in [-0.39, 0.29) is 17.7 Å². The number of thiazole rings is 1. The molecule has 2 rings (SSSR count). The summed E-state index contributed by atoms with van der Waals surface area (Å²) in [5, 5.41) is 7.93. The van der Waals surface area contributed by atoms with Crippen LogP contribution in [0, 0.1) is 5.92 Å². The molecule has 0 saturated carbocycles. The van der Waals surface area contributed by atoms with E-state index in [9.17, 15) is 9.59 Å². The van der Waals surface area contributed by atoms with Crippen molar-refractivity contribution in [3.63, 3.8) is 0 Å². The van der Waals surface area contributed by atoms with E-state index in [4.69, 9.17) is 5.73 Å². The Bertz CT molecular complexity index is 664. The van der Waals surface area contributed by atoms with E-state index in [1.807, 2.05) is 13.8 Å². The van der Waals surface area contributed by atoms with E-state index >= 15 is 0 Å². The SMILES string of the molecule is CC(C)C(=O)Nc1ccc(NC(=O)c2csc(CN)n2)cc1. The number of amides is 2. The number of carbonyl (C=O) groups excluding carboxylic acids is 2. The Morgan fingerprint density at radius 1 is 1.18 bits per heavy atom. The van der Waals surface area contributed by atoms with Crippen molar-refractivity contribution in [1.29, 1.82) is 0 Å². The van der Waals surface area contributed by atoms with Gasteiger partial charge in [0.1, 0.15) is 10.7 Å². The monoisotopic (exact) mass is 318 g/mol. The van der Waals surface area contributed by atoms with Crippen LogP contribution in [0.3, 0.4) is 0 Å². The zero-order valence-corrected chi connectivity index (χ0v) is 13.2. The number of hydrogen-bond acceptors (Lipinski definition) is 5. The van der Waals surface area contributed by atoms with Gasteiger partial charge in [-0.05, 0) is 24.3 Å². The van der Waals surface area contributed by atoms with Crippen molar-refractivity contribution >= 4 is 34.5 Å². The topological polar surface area (TPSA) is 97.1 Å². The van der Waals surface area contributed by atoms with Crippen molar-refractivity contribution in [3.8, 4) is 0 Å². The lowest BCUT2D eigenvalue weighted by Crippen LogP contribution is -2.17. The molecule has 6 nitrogen and oxygen atoms in total. The lowest BCUT2D eigenvalue weighted by molar-refractivity contribution is -0.118. The fourth-order valence-corrected chi connectivity index (χ4v) is 2.28. The van der Waals surface area contributed by atoms with Gasteiger partial charge in [-0.15, -0.1) is 11.3 Å². The Morgan fingerprint density at radius 3 is 2.27 bits per heavy atom. The molecule has 22 heavy (non-hydrogen) atoms. The maximum Gasteiger partial charge on any atom is 0.275 e. The summed E-state index contributed by atoms with van der Waals surface area (Å²) < 4.78 is 0. The third-order valence-corrected chi connectivity index (χ3v) is 3.76. The van der Waals surface area contributed by atoms with E-state index < -0.39 is 0 Å². The van der Waals surface area contributed by atoms with Crippen molar-refractivity contribution in [3.05, 3.63) is 40.3 Å². The highest BCUT2D eigenvalue weighted by molar-refractivity contribution is 7.09. The summed E-state index contributed by atoms with van der Waals surface area (Å²) in [4.78, 5) is 27.7. The van der Waals surface area contributed by atoms with Gasteiger partial charge in [0, 0.05) is 29.2 Å². The second kappa shape index (κ2) is 7.15. The fraction of sp³-hybridized carbons (Fsp3) is 0.267. The molecule has 0 saturated heterocycles. The molecule has 1 aromatic carbocycles. The van der Waals surface area contributed by atoms with Crippen LogP contribution in [0.25, 0.3) is 0 Å². The molecule has 0 radical (unpaired) electrons. The number of hydrogen-bond donors (Lipinski definition) is 3. The second-order valence-electron chi connectivity index (χ2n) is 5.01. The minimum atomic E-state index is -0.282. The summed E-state index contributed by atoms with van der Waals surface area (Å²) in [5.41, 5.74) is 7.15. The molecule has 7 heteroatoms. The predicted octanol–water partition coefficient (Wildman–Crippen LogP) is 2.45. The van der Waals surface area contributed by atoms with Gasteiger partial charge in [0.2, 0.25) is 5.91 Å². The smallest absolute Gasteiger partial charge is 0.275 e. The molecule has 0 atom stereocenters. The number of anilines is 2. The molecule has 4 N–H and O–H groups in total. The molecule has 0 unspecified atom stereocenters. The van der Waals surface area contributed by atoms with Gasteiger partial charge in [0.05, 0.1) is 0 Å². The van der Waals surface area contributed by atoms with Crippen LogP contribution < -0.4 is 16.4 Å². The number of nitrogens with zero attached hydrogens (tertiary/aromatic N) is 1. The Hall–Kier alpha value is -2.25. The lowest BCUT2D eigenvalue weighted by Gasteiger charge is -2.09. The molecular formula is C15H18N4O2S. The van der Waals surface area contributed by atoms with E-state index in [0.29, 0.717) is 23.6 Å². The molecule has 0 spiro atoms. The third kappa shape index (κ3) is 4.12. The maximum atomic E-state index is 12.0. The standard InChI is InChI=1S/C15H18N4O2S/c1-9(2)14(20)17-10-3-5-11(6-4-10)18-15(21)12-8-22-13(7-16)19-12/h3-6,8-9H,7,16H2,1-2H3,(H,17,20)(H,18,21). The molecule has 1 heterocycles. The summed E-state index contributed by atoms with van der Waals surface area (Å²) in [5.74, 6) is -0.413. The minimum absolute atomic E-state index is 0.0476. The molecule has 0 bridgehead atoms. The van der Waals surface area contributed by atoms with Crippen molar-refractivity contribution in [2.24, 2.45) is 11.7 Å². The molecule has 116 valence electrons. The quantitative estimate of drug-likeness (QED) is 0.789. The minimum Gasteiger partial charge on any atom is -0.326 e. The molecule has 0 aliphatic rings. The van der Waals surface area contributed by atoms with Crippen molar-refractivity contribution in [1.82, 2.24) is 4.98 Å². The van der Waals surface area contributed by atoms with Crippen molar-refractivity contribution < 1.29 is 9.59 Å². The Labute approximate surface area is 132 Å². The van der Waals surface area contributed by atoms with Gasteiger partial charge in [-0.1, -0.05) is 13.8 Å². The van der Waals surface area contributed by atoms with Crippen LogP contribution in [0.15, 0.2) is 29.6 Å². The second-order valence-corrected chi connectivity index (χ2v) is 5.95. The highest BCUT2D eigenvalue weighted by atomic mass is 32.1. The average Bonchev–Trinajstić information content (AvgIpc) is 2.98. The van der Waals surface area contributed by atoms with Gasteiger partial charge < -0.3 is 16.4 Å². The third-order valence-electron chi connectivity index (χ3n) is 2.89. The summed E-state index contributed by atoms with van der Waals surface area (Å²) in [6, 6.07) is 6.93. The van der Waals surface area contributed by atoms with E-state index in [0.717, 1.165) is 5.01 Å². The highest BCUT2D eigenvalue weighted by Gasteiger charge is 2.11. The first-order valence-corrected chi connectivity index (χ1v) is 7.74. The number of nitrogens with one attached hydrogen (secondary N) is 2. The zero-order chi connectivity index (χ0) is 16.1. The van der Waals surface area contributed by atoms with Gasteiger partial charge in [0.15, 0.2) is 0 Å². The van der Waals surface area contributed by atoms with E-state index in [2.05, 4.69) is 15.6 Å². The van der Waals surface area contributed by atoms with E-state index in [1.165, 1.54) is 11.3 Å². The maximum absolute atomic E-state index is 12.0. The van der Waals surface area contributed by atoms with E-state index in [1.54, 1.807) is 29.6 Å². The zero-order valence-electron chi connectivity index (χ0n) is 12.4. The Balaban J connectivity index is 1.98. The molecule has 1 aromatic heterocycles. The first-order valence-electron chi connectivity index (χ1n) is 6.86. The normalized spacial score (nSPS) is 10.5. The predicted molar refractivity (Wildman–Crippen MR) is 87.9 cm³/mol. The van der Waals surface area contributed by atoms with Gasteiger partial charge >= 0.3 is 0 Å². The van der Waals surface area contributed by atoms with Gasteiger partial charge in [-0.3, -0.25) is 9.59 Å². The highest BCUT2D eigenvalue weighted by Crippen LogP contribution is 2.16. The van der Waals surface area contributed by atoms with Crippen molar-refractivity contribution in [2.45, 2.75) is 20.4 Å². The van der Waals surface area contributed by atoms with Gasteiger partial charge in [0.25, 0.3) is 5.91 Å². The summed E-state index contributed by atoms with van der Waals surface area (Å²) in [7, 11) is 0. The molecule has 0 aliphatic heterocycles. The first kappa shape index (κ1) is 16.1. The van der Waals surface area contributed by atoms with Gasteiger partial charge in [-0.2, -0.15) is 0 Å². The van der Waals surface area contributed by atoms with Gasteiger partial charge in [-0.25, -0.2) is 4.98 Å². The van der Waals surface area contributed by atoms with Crippen LogP contribution in [0.5, 0.6) is 0 Å². The average molecular weight is 318 g/mol. The number of aromatic nitrogens is 1. The molecule has 2 amide bonds. The van der Waals surface area contributed by atoms with Crippen LogP contribution in [-0.4, -0.2) is 16.8 Å². The van der Waals surface area contributed by atoms with Crippen LogP contribution in [0.2, 0.25) is 0 Å². The van der Waals surface area contributed by atoms with Crippen molar-refractivity contribution in [2.75, 3.05) is 10.6 Å². The van der Waals surface area contributed by atoms with Crippen LogP contribution >= 0.6 is 11.3 Å². The molecular weight excluding hydrogens is 300 g/mol. The number of benzene rings is 1. The summed E-state index contributed by atoms with van der Waals surface area (Å²) in [6.45, 7) is 3.98. The number of nitrogens with two attached hydrogens (primary N) is 1. The summed E-state index contributed by atoms with van der Waals surface area (Å²) >= 11 is 1.36. The number of rotatable bonds is 5. The van der Waals surface area contributed by atoms with Crippen LogP contribution in [-0.2, 0) is 11.3 Å². The number of carbonyl (C=O) groups is 2. The first-order chi connectivity index (χ1) is 10.5. The molecule has 0 fully saturated rings. The summed E-state index contributed by atoms with van der Waals surface area (Å²) in [6.07, 6.45) is 0. The molecule has 0 aliphatic carbocycles. The van der Waals surface area contributed by atoms with Crippen LogP contribution in [0.4, 0.5) is 11.4 Å². The fourth-order valence-electron chi connectivity index (χ4n) is 1.63. The Kier molecular flexibility index (Phi) is 5.24. The largest absolute Gasteiger partial charge is 0.326 e.